The minimum Gasteiger partial charge on any atom is -0.469 e. The highest BCUT2D eigenvalue weighted by Crippen LogP contribution is 2.65. The third kappa shape index (κ3) is 1.72. The number of carbonyl (C=O) groups is 1. The van der Waals surface area contributed by atoms with Crippen molar-refractivity contribution in [3.63, 3.8) is 0 Å². The van der Waals surface area contributed by atoms with Gasteiger partial charge in [0, 0.05) is 5.92 Å². The van der Waals surface area contributed by atoms with Crippen molar-refractivity contribution in [1.82, 2.24) is 0 Å². The molecule has 0 bridgehead atoms. The van der Waals surface area contributed by atoms with Crippen LogP contribution in [0.1, 0.15) is 11.5 Å². The molecule has 1 aliphatic rings. The van der Waals surface area contributed by atoms with E-state index in [2.05, 4.69) is 4.74 Å². The number of alkyl halides is 2. The Morgan fingerprint density at radius 1 is 1.33 bits per heavy atom. The predicted octanol–water partition coefficient (Wildman–Crippen LogP) is 2.75. The summed E-state index contributed by atoms with van der Waals surface area (Å²) >= 11 is 12.1. The van der Waals surface area contributed by atoms with Crippen molar-refractivity contribution in [2.24, 2.45) is 5.92 Å². The third-order valence-electron chi connectivity index (χ3n) is 2.67. The lowest BCUT2D eigenvalue weighted by Crippen LogP contribution is -2.07. The molecule has 15 heavy (non-hydrogen) atoms. The topological polar surface area (TPSA) is 26.3 Å². The van der Waals surface area contributed by atoms with Crippen molar-refractivity contribution in [2.75, 3.05) is 7.11 Å². The molecule has 0 aliphatic heterocycles. The van der Waals surface area contributed by atoms with Gasteiger partial charge >= 0.3 is 5.97 Å². The summed E-state index contributed by atoms with van der Waals surface area (Å²) in [7, 11) is 1.34. The number of methoxy groups -OCH3 is 1. The van der Waals surface area contributed by atoms with Crippen molar-refractivity contribution in [3.8, 4) is 0 Å². The van der Waals surface area contributed by atoms with Gasteiger partial charge in [-0.2, -0.15) is 0 Å². The number of benzene rings is 1. The normalized spacial score (nSPS) is 27.1. The number of hydrogen-bond donors (Lipinski definition) is 0. The van der Waals surface area contributed by atoms with Gasteiger partial charge in [0.05, 0.1) is 7.11 Å². The SMILES string of the molecule is COC(=O)[C@@H]1[C@@H](c2ccccc2)C1(Cl)Cl. The number of ether oxygens (including phenoxy) is 1. The Kier molecular flexibility index (Phi) is 2.65. The van der Waals surface area contributed by atoms with Crippen LogP contribution in [-0.4, -0.2) is 17.4 Å². The Morgan fingerprint density at radius 2 is 1.93 bits per heavy atom. The molecule has 0 N–H and O–H groups in total. The van der Waals surface area contributed by atoms with E-state index < -0.39 is 10.3 Å². The molecule has 0 saturated heterocycles. The molecule has 2 nitrogen and oxygen atoms in total. The molecule has 2 atom stereocenters. The highest BCUT2D eigenvalue weighted by molar-refractivity contribution is 6.53. The minimum atomic E-state index is -1.02. The summed E-state index contributed by atoms with van der Waals surface area (Å²) in [6.45, 7) is 0. The van der Waals surface area contributed by atoms with Crippen molar-refractivity contribution in [1.29, 1.82) is 0 Å². The van der Waals surface area contributed by atoms with Crippen molar-refractivity contribution < 1.29 is 9.53 Å². The Labute approximate surface area is 98.1 Å². The van der Waals surface area contributed by atoms with E-state index in [1.54, 1.807) is 0 Å². The van der Waals surface area contributed by atoms with E-state index in [0.29, 0.717) is 0 Å². The van der Waals surface area contributed by atoms with Gasteiger partial charge in [0.2, 0.25) is 0 Å². The van der Waals surface area contributed by atoms with Crippen LogP contribution in [0.4, 0.5) is 0 Å². The number of carbonyl (C=O) groups excluding carboxylic acids is 1. The first-order valence-electron chi connectivity index (χ1n) is 4.59. The van der Waals surface area contributed by atoms with Crippen LogP contribution in [0.5, 0.6) is 0 Å². The second kappa shape index (κ2) is 3.69. The zero-order valence-corrected chi connectivity index (χ0v) is 9.63. The van der Waals surface area contributed by atoms with E-state index in [1.165, 1.54) is 7.11 Å². The largest absolute Gasteiger partial charge is 0.469 e. The van der Waals surface area contributed by atoms with E-state index in [4.69, 9.17) is 23.2 Å². The Hall–Kier alpha value is -0.730. The highest BCUT2D eigenvalue weighted by Gasteiger charge is 2.68. The number of esters is 1. The third-order valence-corrected chi connectivity index (χ3v) is 3.61. The first-order valence-corrected chi connectivity index (χ1v) is 5.35. The van der Waals surface area contributed by atoms with Gasteiger partial charge in [-0.25, -0.2) is 0 Å². The summed E-state index contributed by atoms with van der Waals surface area (Å²) in [6.07, 6.45) is 0. The fraction of sp³-hybridized carbons (Fsp3) is 0.364. The second-order valence-electron chi connectivity index (χ2n) is 3.56. The van der Waals surface area contributed by atoms with Gasteiger partial charge in [-0.1, -0.05) is 53.5 Å². The lowest BCUT2D eigenvalue weighted by atomic mass is 10.1. The Morgan fingerprint density at radius 3 is 2.47 bits per heavy atom. The highest BCUT2D eigenvalue weighted by atomic mass is 35.5. The van der Waals surface area contributed by atoms with Crippen LogP contribution >= 0.6 is 23.2 Å². The van der Waals surface area contributed by atoms with Crippen molar-refractivity contribution in [2.45, 2.75) is 10.3 Å². The molecule has 1 saturated carbocycles. The number of hydrogen-bond acceptors (Lipinski definition) is 2. The Balaban J connectivity index is 2.23. The zero-order valence-electron chi connectivity index (χ0n) is 8.11. The summed E-state index contributed by atoms with van der Waals surface area (Å²) < 4.78 is 3.63. The van der Waals surface area contributed by atoms with E-state index in [1.807, 2.05) is 30.3 Å². The van der Waals surface area contributed by atoms with Crippen LogP contribution in [0.2, 0.25) is 0 Å². The quantitative estimate of drug-likeness (QED) is 0.591. The summed E-state index contributed by atoms with van der Waals surface area (Å²) in [6, 6.07) is 9.51. The molecule has 1 aliphatic carbocycles. The molecule has 0 heterocycles. The van der Waals surface area contributed by atoms with Crippen LogP contribution in [0.3, 0.4) is 0 Å². The molecule has 0 spiro atoms. The summed E-state index contributed by atoms with van der Waals surface area (Å²) in [5.74, 6) is -0.962. The number of halogens is 2. The monoisotopic (exact) mass is 244 g/mol. The standard InChI is InChI=1S/C11H10Cl2O2/c1-15-10(14)9-8(11(9,12)13)7-5-3-2-4-6-7/h2-6,8-9H,1H3/t8-,9+/m1/s1. The maximum Gasteiger partial charge on any atom is 0.312 e. The lowest BCUT2D eigenvalue weighted by molar-refractivity contribution is -0.142. The van der Waals surface area contributed by atoms with Crippen LogP contribution in [-0.2, 0) is 9.53 Å². The van der Waals surface area contributed by atoms with E-state index in [0.717, 1.165) is 5.56 Å². The fourth-order valence-electron chi connectivity index (χ4n) is 1.82. The zero-order chi connectivity index (χ0) is 11.1. The summed E-state index contributed by atoms with van der Waals surface area (Å²) in [5.41, 5.74) is 0.970. The molecule has 0 radical (unpaired) electrons. The maximum atomic E-state index is 11.4. The molecule has 0 aromatic heterocycles. The van der Waals surface area contributed by atoms with E-state index in [9.17, 15) is 4.79 Å². The van der Waals surface area contributed by atoms with Gasteiger partial charge < -0.3 is 4.74 Å². The smallest absolute Gasteiger partial charge is 0.312 e. The van der Waals surface area contributed by atoms with Crippen LogP contribution < -0.4 is 0 Å². The van der Waals surface area contributed by atoms with Gasteiger partial charge in [0.1, 0.15) is 10.3 Å². The van der Waals surface area contributed by atoms with Gasteiger partial charge in [0.15, 0.2) is 0 Å². The fourth-order valence-corrected chi connectivity index (χ4v) is 2.63. The average Bonchev–Trinajstić information content (AvgIpc) is 2.82. The van der Waals surface area contributed by atoms with Crippen LogP contribution in [0.25, 0.3) is 0 Å². The Bertz CT molecular complexity index is 375. The first-order chi connectivity index (χ1) is 7.09. The predicted molar refractivity (Wildman–Crippen MR) is 59.1 cm³/mol. The molecule has 1 aromatic rings. The summed E-state index contributed by atoms with van der Waals surface area (Å²) in [4.78, 5) is 11.4. The molecular formula is C11H10Cl2O2. The molecule has 2 rings (SSSR count). The van der Waals surface area contributed by atoms with Gasteiger partial charge in [-0.3, -0.25) is 4.79 Å². The molecule has 1 aromatic carbocycles. The van der Waals surface area contributed by atoms with Gasteiger partial charge in [0.25, 0.3) is 0 Å². The summed E-state index contributed by atoms with van der Waals surface area (Å²) in [5, 5.41) is 0. The maximum absolute atomic E-state index is 11.4. The van der Waals surface area contributed by atoms with E-state index >= 15 is 0 Å². The lowest BCUT2D eigenvalue weighted by Gasteiger charge is -1.97. The second-order valence-corrected chi connectivity index (χ2v) is 5.01. The van der Waals surface area contributed by atoms with Crippen LogP contribution in [0.15, 0.2) is 30.3 Å². The van der Waals surface area contributed by atoms with Crippen LogP contribution in [0, 0.1) is 5.92 Å². The molecule has 0 amide bonds. The molecule has 4 heteroatoms. The molecular weight excluding hydrogens is 235 g/mol. The molecule has 80 valence electrons. The van der Waals surface area contributed by atoms with Gasteiger partial charge in [-0.15, -0.1) is 0 Å². The van der Waals surface area contributed by atoms with E-state index in [-0.39, 0.29) is 11.9 Å². The first kappa shape index (κ1) is 10.8. The molecule has 1 fully saturated rings. The number of rotatable bonds is 2. The van der Waals surface area contributed by atoms with Gasteiger partial charge in [-0.05, 0) is 5.56 Å². The average molecular weight is 245 g/mol. The minimum absolute atomic E-state index is 0.158. The van der Waals surface area contributed by atoms with Crippen molar-refractivity contribution >= 4 is 29.2 Å². The van der Waals surface area contributed by atoms with Crippen molar-refractivity contribution in [3.05, 3.63) is 35.9 Å². The molecule has 0 unspecified atom stereocenters.